The van der Waals surface area contributed by atoms with Crippen LogP contribution >= 0.6 is 15.9 Å². The molecule has 0 saturated carbocycles. The maximum Gasteiger partial charge on any atom is 0.276 e. The van der Waals surface area contributed by atoms with Crippen LogP contribution in [0.2, 0.25) is 0 Å². The molecule has 0 fully saturated rings. The quantitative estimate of drug-likeness (QED) is 0.466. The molecule has 0 saturated heterocycles. The fourth-order valence-electron chi connectivity index (χ4n) is 1.58. The predicted octanol–water partition coefficient (Wildman–Crippen LogP) is 1.74. The fourth-order valence-corrected chi connectivity index (χ4v) is 2.64. The Morgan fingerprint density at radius 1 is 1.17 bits per heavy atom. The molecule has 2 aromatic carbocycles. The van der Waals surface area contributed by atoms with E-state index >= 15 is 0 Å². The normalized spacial score (nSPS) is 11.5. The third kappa shape index (κ3) is 4.27. The van der Waals surface area contributed by atoms with Gasteiger partial charge in [-0.25, -0.2) is 4.83 Å². The van der Waals surface area contributed by atoms with Crippen molar-refractivity contribution < 1.29 is 18.4 Å². The lowest BCUT2D eigenvalue weighted by atomic mass is 10.2. The van der Waals surface area contributed by atoms with E-state index in [1.165, 1.54) is 12.1 Å². The Bertz CT molecular complexity index is 866. The van der Waals surface area contributed by atoms with E-state index < -0.39 is 20.7 Å². The van der Waals surface area contributed by atoms with Crippen LogP contribution in [-0.2, 0) is 10.0 Å². The van der Waals surface area contributed by atoms with Crippen LogP contribution in [0.25, 0.3) is 0 Å². The minimum Gasteiger partial charge on any atom is -0.872 e. The van der Waals surface area contributed by atoms with Crippen LogP contribution < -0.4 is 9.94 Å². The Morgan fingerprint density at radius 3 is 2.43 bits per heavy atom. The first-order valence-corrected chi connectivity index (χ1v) is 8.33. The van der Waals surface area contributed by atoms with Gasteiger partial charge in [0.1, 0.15) is 0 Å². The number of rotatable bonds is 5. The summed E-state index contributed by atoms with van der Waals surface area (Å²) in [4.78, 5) is 11.9. The van der Waals surface area contributed by atoms with E-state index in [4.69, 9.17) is 0 Å². The molecule has 10 heteroatoms. The molecule has 0 heterocycles. The zero-order valence-electron chi connectivity index (χ0n) is 11.3. The molecule has 0 amide bonds. The van der Waals surface area contributed by atoms with Gasteiger partial charge in [-0.15, -0.1) is 0 Å². The summed E-state index contributed by atoms with van der Waals surface area (Å²) in [5.41, 5.74) is -0.389. The summed E-state index contributed by atoms with van der Waals surface area (Å²) in [7, 11) is -3.89. The Hall–Kier alpha value is -2.46. The second-order valence-corrected chi connectivity index (χ2v) is 6.86. The molecule has 0 aliphatic carbocycles. The largest absolute Gasteiger partial charge is 0.872 e. The van der Waals surface area contributed by atoms with Crippen LogP contribution in [0.4, 0.5) is 5.69 Å². The van der Waals surface area contributed by atoms with Crippen LogP contribution in [0.1, 0.15) is 5.56 Å². The number of hydrazone groups is 1. The molecule has 2 rings (SSSR count). The van der Waals surface area contributed by atoms with E-state index in [2.05, 4.69) is 21.0 Å². The maximum atomic E-state index is 12.0. The summed E-state index contributed by atoms with van der Waals surface area (Å²) >= 11 is 3.19. The average Bonchev–Trinajstić information content (AvgIpc) is 2.49. The molecular weight excluding hydrogens is 390 g/mol. The minimum atomic E-state index is -3.89. The third-order valence-electron chi connectivity index (χ3n) is 2.70. The first kappa shape index (κ1) is 16.9. The smallest absolute Gasteiger partial charge is 0.276 e. The zero-order chi connectivity index (χ0) is 17.0. The van der Waals surface area contributed by atoms with E-state index in [0.29, 0.717) is 4.47 Å². The number of non-ortho nitro benzene ring substituents is 1. The number of nitro benzene ring substituents is 1. The van der Waals surface area contributed by atoms with Gasteiger partial charge >= 0.3 is 0 Å². The lowest BCUT2D eigenvalue weighted by molar-refractivity contribution is -0.385. The molecular formula is C13H9BrN3O5S-. The maximum absolute atomic E-state index is 12.0. The Morgan fingerprint density at radius 2 is 1.83 bits per heavy atom. The molecule has 2 aromatic rings. The van der Waals surface area contributed by atoms with Crippen LogP contribution in [0.15, 0.2) is 56.9 Å². The standard InChI is InChI=1S/C13H10BrN3O5S/c14-10-1-4-12(5-2-10)23(21,22)16-15-8-9-7-11(17(19)20)3-6-13(9)18/h1-8,16,18H/p-1/b15-8-. The van der Waals surface area contributed by atoms with Crippen molar-refractivity contribution in [2.75, 3.05) is 0 Å². The molecule has 120 valence electrons. The van der Waals surface area contributed by atoms with Gasteiger partial charge in [0.25, 0.3) is 15.7 Å². The molecule has 0 spiro atoms. The van der Waals surface area contributed by atoms with Crippen molar-refractivity contribution in [2.24, 2.45) is 5.10 Å². The predicted molar refractivity (Wildman–Crippen MR) is 84.6 cm³/mol. The average molecular weight is 399 g/mol. The molecule has 1 N–H and O–H groups in total. The lowest BCUT2D eigenvalue weighted by Crippen LogP contribution is -2.18. The Kier molecular flexibility index (Phi) is 4.96. The highest BCUT2D eigenvalue weighted by Crippen LogP contribution is 2.19. The van der Waals surface area contributed by atoms with Gasteiger partial charge < -0.3 is 5.11 Å². The number of nitro groups is 1. The summed E-state index contributed by atoms with van der Waals surface area (Å²) in [6, 6.07) is 8.93. The molecule has 0 aliphatic heterocycles. The molecule has 0 aromatic heterocycles. The number of nitrogens with one attached hydrogen (secondary N) is 1. The van der Waals surface area contributed by atoms with Crippen LogP contribution in [0.3, 0.4) is 0 Å². The number of benzene rings is 2. The van der Waals surface area contributed by atoms with Gasteiger partial charge in [-0.1, -0.05) is 27.7 Å². The van der Waals surface area contributed by atoms with Crippen molar-refractivity contribution in [3.05, 3.63) is 62.6 Å². The number of hydrogen-bond acceptors (Lipinski definition) is 6. The van der Waals surface area contributed by atoms with Crippen LogP contribution in [-0.4, -0.2) is 19.6 Å². The highest BCUT2D eigenvalue weighted by Gasteiger charge is 2.12. The lowest BCUT2D eigenvalue weighted by Gasteiger charge is -2.09. The van der Waals surface area contributed by atoms with Gasteiger partial charge in [0.2, 0.25) is 0 Å². The highest BCUT2D eigenvalue weighted by molar-refractivity contribution is 9.10. The zero-order valence-corrected chi connectivity index (χ0v) is 13.7. The van der Waals surface area contributed by atoms with E-state index in [1.807, 2.05) is 4.83 Å². The van der Waals surface area contributed by atoms with E-state index in [9.17, 15) is 23.6 Å². The van der Waals surface area contributed by atoms with Gasteiger partial charge in [0.05, 0.1) is 16.0 Å². The van der Waals surface area contributed by atoms with Crippen molar-refractivity contribution in [2.45, 2.75) is 4.90 Å². The number of hydrogen-bond donors (Lipinski definition) is 1. The molecule has 0 bridgehead atoms. The highest BCUT2D eigenvalue weighted by atomic mass is 79.9. The fraction of sp³-hybridized carbons (Fsp3) is 0. The monoisotopic (exact) mass is 398 g/mol. The van der Waals surface area contributed by atoms with Gasteiger partial charge in [0, 0.05) is 16.6 Å². The van der Waals surface area contributed by atoms with E-state index in [-0.39, 0.29) is 16.1 Å². The van der Waals surface area contributed by atoms with Crippen molar-refractivity contribution >= 4 is 37.9 Å². The van der Waals surface area contributed by atoms with Crippen molar-refractivity contribution in [3.8, 4) is 5.75 Å². The summed E-state index contributed by atoms with van der Waals surface area (Å²) in [5, 5.41) is 25.7. The van der Waals surface area contributed by atoms with Gasteiger partial charge in [-0.05, 0) is 29.8 Å². The van der Waals surface area contributed by atoms with E-state index in [0.717, 1.165) is 24.4 Å². The summed E-state index contributed by atoms with van der Waals surface area (Å²) in [6.45, 7) is 0. The molecule has 0 unspecified atom stereocenters. The van der Waals surface area contributed by atoms with E-state index in [1.54, 1.807) is 12.1 Å². The molecule has 0 radical (unpaired) electrons. The van der Waals surface area contributed by atoms with Crippen molar-refractivity contribution in [1.82, 2.24) is 4.83 Å². The van der Waals surface area contributed by atoms with Crippen molar-refractivity contribution in [1.29, 1.82) is 0 Å². The van der Waals surface area contributed by atoms with Gasteiger partial charge in [-0.3, -0.25) is 10.1 Å². The molecule has 8 nitrogen and oxygen atoms in total. The van der Waals surface area contributed by atoms with Crippen LogP contribution in [0, 0.1) is 10.1 Å². The molecule has 0 aliphatic rings. The molecule has 0 atom stereocenters. The summed E-state index contributed by atoms with van der Waals surface area (Å²) in [5.74, 6) is -0.512. The van der Waals surface area contributed by atoms with Crippen LogP contribution in [0.5, 0.6) is 5.75 Å². The minimum absolute atomic E-state index is 0.0146. The second-order valence-electron chi connectivity index (χ2n) is 4.29. The van der Waals surface area contributed by atoms with Gasteiger partial charge in [0.15, 0.2) is 0 Å². The first-order valence-electron chi connectivity index (χ1n) is 6.05. The number of halogens is 1. The number of nitrogens with zero attached hydrogens (tertiary/aromatic N) is 2. The summed E-state index contributed by atoms with van der Waals surface area (Å²) in [6.07, 6.45) is 0.922. The molecule has 23 heavy (non-hydrogen) atoms. The topological polar surface area (TPSA) is 125 Å². The number of sulfonamides is 1. The summed E-state index contributed by atoms with van der Waals surface area (Å²) < 4.78 is 24.6. The van der Waals surface area contributed by atoms with Gasteiger partial charge in [-0.2, -0.15) is 13.5 Å². The first-order chi connectivity index (χ1) is 10.8. The second kappa shape index (κ2) is 6.75. The van der Waals surface area contributed by atoms with Crippen molar-refractivity contribution in [3.63, 3.8) is 0 Å². The SMILES string of the molecule is O=[N+]([O-])c1ccc([O-])c(/C=N\NS(=O)(=O)c2ccc(Br)cc2)c1. The third-order valence-corrected chi connectivity index (χ3v) is 4.47. The Labute approximate surface area is 139 Å². The Balaban J connectivity index is 2.19.